The number of sulfonamides is 1. The predicted octanol–water partition coefficient (Wildman–Crippen LogP) is 2.38. The highest BCUT2D eigenvalue weighted by Gasteiger charge is 2.16. The zero-order valence-electron chi connectivity index (χ0n) is 19.2. The zero-order chi connectivity index (χ0) is 24.1. The summed E-state index contributed by atoms with van der Waals surface area (Å²) in [6, 6.07) is 15.5. The number of halogens is 1. The third-order valence-corrected chi connectivity index (χ3v) is 6.95. The molecule has 0 bridgehead atoms. The van der Waals surface area contributed by atoms with Crippen molar-refractivity contribution >= 4 is 38.3 Å². The van der Waals surface area contributed by atoms with Gasteiger partial charge in [0.05, 0.1) is 17.3 Å². The number of fused-ring (bicyclic) bond motifs is 1. The van der Waals surface area contributed by atoms with Crippen LogP contribution in [0.2, 0.25) is 5.02 Å². The number of piperazine rings is 1. The minimum atomic E-state index is -3.30. The number of hydrogen-bond donors (Lipinski definition) is 1. The van der Waals surface area contributed by atoms with Gasteiger partial charge in [0, 0.05) is 63.1 Å². The van der Waals surface area contributed by atoms with E-state index >= 15 is 0 Å². The average molecular weight is 504 g/mol. The topological polar surface area (TPSA) is 79.6 Å². The van der Waals surface area contributed by atoms with E-state index in [0.717, 1.165) is 60.7 Å². The van der Waals surface area contributed by atoms with Crippen molar-refractivity contribution in [2.45, 2.75) is 13.1 Å². The molecule has 0 atom stereocenters. The Labute approximate surface area is 205 Å². The molecule has 0 aliphatic carbocycles. The Kier molecular flexibility index (Phi) is 7.77. The van der Waals surface area contributed by atoms with Crippen LogP contribution < -0.4 is 15.3 Å². The number of benzene rings is 2. The number of imidazole rings is 1. The first-order chi connectivity index (χ1) is 16.3. The molecule has 1 N–H and O–H groups in total. The first-order valence-corrected chi connectivity index (χ1v) is 13.6. The van der Waals surface area contributed by atoms with Gasteiger partial charge < -0.3 is 4.90 Å². The van der Waals surface area contributed by atoms with Crippen LogP contribution in [0, 0.1) is 0 Å². The van der Waals surface area contributed by atoms with Gasteiger partial charge >= 0.3 is 5.69 Å². The van der Waals surface area contributed by atoms with E-state index in [4.69, 9.17) is 11.6 Å². The van der Waals surface area contributed by atoms with Crippen molar-refractivity contribution in [3.05, 3.63) is 76.2 Å². The summed E-state index contributed by atoms with van der Waals surface area (Å²) in [5, 5.41) is 0.756. The van der Waals surface area contributed by atoms with Gasteiger partial charge in [-0.3, -0.25) is 14.0 Å². The van der Waals surface area contributed by atoms with Crippen LogP contribution in [-0.2, 0) is 23.1 Å². The maximum Gasteiger partial charge on any atom is 0.329 e. The average Bonchev–Trinajstić information content (AvgIpc) is 3.07. The van der Waals surface area contributed by atoms with Crippen molar-refractivity contribution in [2.75, 3.05) is 50.4 Å². The van der Waals surface area contributed by atoms with Gasteiger partial charge in [-0.1, -0.05) is 42.0 Å². The normalized spacial score (nSPS) is 15.5. The first kappa shape index (κ1) is 24.5. The van der Waals surface area contributed by atoms with E-state index in [-0.39, 0.29) is 18.8 Å². The smallest absolute Gasteiger partial charge is 0.329 e. The standard InChI is InChI=1S/C24H30ClN5O3S/c1-34(32,33)26-11-14-30-23-10-3-2-9-22(23)29(24(30)31)13-5-4-12-27-15-17-28(18-16-27)21-8-6-7-20(25)19-21/h2-10,19,26H,11-18H2,1H3/b5-4+. The van der Waals surface area contributed by atoms with Gasteiger partial charge in [0.15, 0.2) is 0 Å². The molecule has 34 heavy (non-hydrogen) atoms. The van der Waals surface area contributed by atoms with Gasteiger partial charge in [-0.05, 0) is 30.3 Å². The Morgan fingerprint density at radius 1 is 0.941 bits per heavy atom. The fourth-order valence-electron chi connectivity index (χ4n) is 4.27. The Morgan fingerprint density at radius 3 is 2.29 bits per heavy atom. The van der Waals surface area contributed by atoms with E-state index in [2.05, 4.69) is 26.7 Å². The fraction of sp³-hybridized carbons (Fsp3) is 0.375. The summed E-state index contributed by atoms with van der Waals surface area (Å²) in [5.41, 5.74) is 2.65. The zero-order valence-corrected chi connectivity index (χ0v) is 20.8. The molecule has 8 nitrogen and oxygen atoms in total. The molecule has 0 saturated carbocycles. The quantitative estimate of drug-likeness (QED) is 0.453. The van der Waals surface area contributed by atoms with Crippen molar-refractivity contribution in [1.82, 2.24) is 18.8 Å². The number of hydrogen-bond acceptors (Lipinski definition) is 5. The summed E-state index contributed by atoms with van der Waals surface area (Å²) >= 11 is 6.12. The Bertz CT molecular complexity index is 1320. The summed E-state index contributed by atoms with van der Waals surface area (Å²) < 4.78 is 28.5. The number of para-hydroxylation sites is 2. The highest BCUT2D eigenvalue weighted by Crippen LogP contribution is 2.20. The summed E-state index contributed by atoms with van der Waals surface area (Å²) in [7, 11) is -3.30. The summed E-state index contributed by atoms with van der Waals surface area (Å²) in [4.78, 5) is 17.8. The van der Waals surface area contributed by atoms with E-state index in [1.807, 2.05) is 48.5 Å². The van der Waals surface area contributed by atoms with Crippen LogP contribution >= 0.6 is 11.6 Å². The third kappa shape index (κ3) is 6.09. The number of rotatable bonds is 9. The van der Waals surface area contributed by atoms with Crippen LogP contribution in [0.25, 0.3) is 11.0 Å². The molecule has 1 saturated heterocycles. The molecule has 3 aromatic rings. The van der Waals surface area contributed by atoms with E-state index in [1.165, 1.54) is 0 Å². The molecular weight excluding hydrogens is 474 g/mol. The van der Waals surface area contributed by atoms with Gasteiger partial charge in [-0.2, -0.15) is 0 Å². The molecule has 0 radical (unpaired) electrons. The fourth-order valence-corrected chi connectivity index (χ4v) is 4.92. The molecule has 1 fully saturated rings. The monoisotopic (exact) mass is 503 g/mol. The summed E-state index contributed by atoms with van der Waals surface area (Å²) in [6.45, 7) is 5.56. The largest absolute Gasteiger partial charge is 0.369 e. The number of nitrogens with zero attached hydrogens (tertiary/aromatic N) is 4. The molecule has 0 unspecified atom stereocenters. The van der Waals surface area contributed by atoms with Crippen molar-refractivity contribution in [3.63, 3.8) is 0 Å². The lowest BCUT2D eigenvalue weighted by Crippen LogP contribution is -2.46. The van der Waals surface area contributed by atoms with Gasteiger partial charge in [0.1, 0.15) is 0 Å². The second-order valence-electron chi connectivity index (χ2n) is 8.44. The van der Waals surface area contributed by atoms with Crippen LogP contribution in [0.15, 0.2) is 65.5 Å². The number of nitrogens with one attached hydrogen (secondary N) is 1. The maximum atomic E-state index is 13.0. The lowest BCUT2D eigenvalue weighted by Gasteiger charge is -2.35. The number of allylic oxidation sites excluding steroid dienone is 1. The Hall–Kier alpha value is -2.59. The van der Waals surface area contributed by atoms with Gasteiger partial charge in [-0.15, -0.1) is 0 Å². The Morgan fingerprint density at radius 2 is 1.62 bits per heavy atom. The molecule has 2 aromatic carbocycles. The van der Waals surface area contributed by atoms with E-state index in [0.29, 0.717) is 6.54 Å². The van der Waals surface area contributed by atoms with E-state index < -0.39 is 10.0 Å². The third-order valence-electron chi connectivity index (χ3n) is 5.99. The minimum Gasteiger partial charge on any atom is -0.369 e. The second-order valence-corrected chi connectivity index (χ2v) is 10.7. The van der Waals surface area contributed by atoms with Crippen molar-refractivity contribution < 1.29 is 8.42 Å². The summed E-state index contributed by atoms with van der Waals surface area (Å²) in [5.74, 6) is 0. The second kappa shape index (κ2) is 10.8. The van der Waals surface area contributed by atoms with Crippen LogP contribution in [0.1, 0.15) is 0 Å². The molecule has 1 aromatic heterocycles. The highest BCUT2D eigenvalue weighted by molar-refractivity contribution is 7.88. The lowest BCUT2D eigenvalue weighted by molar-refractivity contribution is 0.284. The van der Waals surface area contributed by atoms with Crippen LogP contribution in [-0.4, -0.2) is 68.0 Å². The first-order valence-electron chi connectivity index (χ1n) is 11.3. The van der Waals surface area contributed by atoms with Gasteiger partial charge in [0.25, 0.3) is 0 Å². The van der Waals surface area contributed by atoms with Gasteiger partial charge in [-0.25, -0.2) is 17.9 Å². The number of aromatic nitrogens is 2. The number of anilines is 1. The predicted molar refractivity (Wildman–Crippen MR) is 138 cm³/mol. The minimum absolute atomic E-state index is 0.142. The molecule has 1 aliphatic rings. The molecule has 10 heteroatoms. The molecular formula is C24H30ClN5O3S. The molecule has 4 rings (SSSR count). The van der Waals surface area contributed by atoms with E-state index in [9.17, 15) is 13.2 Å². The SMILES string of the molecule is CS(=O)(=O)NCCn1c(=O)n(C/C=C/CN2CCN(c3cccc(Cl)c3)CC2)c2ccccc21. The molecule has 182 valence electrons. The summed E-state index contributed by atoms with van der Waals surface area (Å²) in [6.07, 6.45) is 5.25. The molecule has 2 heterocycles. The molecule has 0 spiro atoms. The lowest BCUT2D eigenvalue weighted by atomic mass is 10.2. The van der Waals surface area contributed by atoms with Crippen LogP contribution in [0.3, 0.4) is 0 Å². The van der Waals surface area contributed by atoms with Crippen molar-refractivity contribution in [3.8, 4) is 0 Å². The maximum absolute atomic E-state index is 13.0. The highest BCUT2D eigenvalue weighted by atomic mass is 35.5. The van der Waals surface area contributed by atoms with Crippen LogP contribution in [0.5, 0.6) is 0 Å². The van der Waals surface area contributed by atoms with Crippen LogP contribution in [0.4, 0.5) is 5.69 Å². The van der Waals surface area contributed by atoms with Crippen molar-refractivity contribution in [2.24, 2.45) is 0 Å². The molecule has 1 aliphatic heterocycles. The van der Waals surface area contributed by atoms with Crippen molar-refractivity contribution in [1.29, 1.82) is 0 Å². The molecule has 0 amide bonds. The van der Waals surface area contributed by atoms with Gasteiger partial charge in [0.2, 0.25) is 10.0 Å². The van der Waals surface area contributed by atoms with E-state index in [1.54, 1.807) is 9.13 Å². The Balaban J connectivity index is 1.35.